The first-order valence-electron chi connectivity index (χ1n) is 13.4. The number of alkyl halides is 1. The topological polar surface area (TPSA) is 120 Å². The van der Waals surface area contributed by atoms with E-state index in [1.54, 1.807) is 0 Å². The van der Waals surface area contributed by atoms with Gasteiger partial charge < -0.3 is 35.4 Å². The Kier molecular flexibility index (Phi) is 9.74. The molecule has 206 valence electrons. The van der Waals surface area contributed by atoms with E-state index >= 15 is 0 Å². The molecule has 36 heavy (non-hydrogen) atoms. The predicted octanol–water partition coefficient (Wildman–Crippen LogP) is 1.38. The van der Waals surface area contributed by atoms with Crippen molar-refractivity contribution in [2.24, 2.45) is 23.7 Å². The summed E-state index contributed by atoms with van der Waals surface area (Å²) in [5.74, 6) is 0.992. The average molecular weight is 531 g/mol. The van der Waals surface area contributed by atoms with Crippen molar-refractivity contribution >= 4 is 17.7 Å². The molecule has 12 atom stereocenters. The highest BCUT2D eigenvalue weighted by molar-refractivity contribution is 8.00. The van der Waals surface area contributed by atoms with Crippen LogP contribution < -0.4 is 10.6 Å². The zero-order valence-electron chi connectivity index (χ0n) is 21.5. The molecule has 4 rings (SSSR count). The third-order valence-electron chi connectivity index (χ3n) is 8.13. The number of aliphatic hydroxyl groups is 3. The minimum atomic E-state index is -1.46. The number of carbonyl (C=O) groups excluding carboxylic acids is 1. The Morgan fingerprint density at radius 1 is 1.22 bits per heavy atom. The second-order valence-corrected chi connectivity index (χ2v) is 12.8. The third kappa shape index (κ3) is 6.27. The van der Waals surface area contributed by atoms with Gasteiger partial charge in [-0.3, -0.25) is 4.79 Å². The molecule has 0 aromatic carbocycles. The van der Waals surface area contributed by atoms with Gasteiger partial charge in [0.1, 0.15) is 42.6 Å². The van der Waals surface area contributed by atoms with E-state index < -0.39 is 53.9 Å². The number of ether oxygens (including phenoxy) is 2. The van der Waals surface area contributed by atoms with E-state index in [1.807, 2.05) is 19.1 Å². The molecule has 8 nitrogen and oxygen atoms in total. The summed E-state index contributed by atoms with van der Waals surface area (Å²) in [6.07, 6.45) is 1.98. The third-order valence-corrected chi connectivity index (χ3v) is 9.49. The summed E-state index contributed by atoms with van der Waals surface area (Å²) < 4.78 is 25.8. The van der Waals surface area contributed by atoms with Gasteiger partial charge in [-0.2, -0.15) is 0 Å². The molecule has 4 heterocycles. The predicted molar refractivity (Wildman–Crippen MR) is 136 cm³/mol. The first-order valence-corrected chi connectivity index (χ1v) is 14.4. The van der Waals surface area contributed by atoms with E-state index in [1.165, 1.54) is 0 Å². The highest BCUT2D eigenvalue weighted by Crippen LogP contribution is 2.37. The fourth-order valence-corrected chi connectivity index (χ4v) is 7.42. The van der Waals surface area contributed by atoms with E-state index in [9.17, 15) is 24.5 Å². The number of hydrogen-bond acceptors (Lipinski definition) is 8. The van der Waals surface area contributed by atoms with E-state index in [0.29, 0.717) is 31.4 Å². The number of aliphatic hydroxyl groups excluding tert-OH is 3. The van der Waals surface area contributed by atoms with Crippen molar-refractivity contribution in [1.29, 1.82) is 0 Å². The molecule has 3 saturated heterocycles. The molecule has 10 heteroatoms. The maximum Gasteiger partial charge on any atom is 0.240 e. The molecule has 0 saturated carbocycles. The fraction of sp³-hybridized carbons (Fsp3) is 0.885. The Morgan fingerprint density at radius 3 is 2.72 bits per heavy atom. The summed E-state index contributed by atoms with van der Waals surface area (Å²) in [5, 5.41) is 37.9. The molecule has 0 aliphatic carbocycles. The van der Waals surface area contributed by atoms with Crippen LogP contribution in [0.3, 0.4) is 0 Å². The summed E-state index contributed by atoms with van der Waals surface area (Å²) in [4.78, 5) is 13.6. The highest BCUT2D eigenvalue weighted by atomic mass is 32.2. The molecule has 0 spiro atoms. The van der Waals surface area contributed by atoms with Crippen molar-refractivity contribution in [1.82, 2.24) is 10.6 Å². The molecule has 4 aliphatic rings. The van der Waals surface area contributed by atoms with E-state index in [0.717, 1.165) is 31.0 Å². The van der Waals surface area contributed by atoms with Gasteiger partial charge in [0, 0.05) is 18.4 Å². The van der Waals surface area contributed by atoms with E-state index in [2.05, 4.69) is 24.5 Å². The van der Waals surface area contributed by atoms with Crippen LogP contribution in [0.15, 0.2) is 12.2 Å². The summed E-state index contributed by atoms with van der Waals surface area (Å²) in [5.41, 5.74) is -0.913. The van der Waals surface area contributed by atoms with Crippen LogP contribution in [0.5, 0.6) is 0 Å². The number of hydrogen-bond donors (Lipinski definition) is 5. The number of halogens is 1. The van der Waals surface area contributed by atoms with Crippen molar-refractivity contribution in [2.75, 3.05) is 19.8 Å². The molecule has 1 amide bonds. The van der Waals surface area contributed by atoms with E-state index in [-0.39, 0.29) is 23.8 Å². The van der Waals surface area contributed by atoms with Crippen LogP contribution in [-0.2, 0) is 14.3 Å². The van der Waals surface area contributed by atoms with Gasteiger partial charge in [-0.05, 0) is 49.4 Å². The van der Waals surface area contributed by atoms with E-state index in [4.69, 9.17) is 9.47 Å². The number of nitrogens with one attached hydrogen (secondary N) is 2. The number of amides is 1. The Balaban J connectivity index is 1.50. The first-order chi connectivity index (χ1) is 17.2. The molecular weight excluding hydrogens is 487 g/mol. The minimum Gasteiger partial charge on any atom is -0.388 e. The molecule has 0 radical (unpaired) electrons. The molecule has 5 N–H and O–H groups in total. The second kappa shape index (κ2) is 12.4. The molecule has 2 bridgehead atoms. The average Bonchev–Trinajstić information content (AvgIpc) is 3.13. The van der Waals surface area contributed by atoms with Gasteiger partial charge in [-0.25, -0.2) is 4.39 Å². The molecule has 4 aliphatic heterocycles. The highest BCUT2D eigenvalue weighted by Gasteiger charge is 2.50. The van der Waals surface area contributed by atoms with Gasteiger partial charge in [-0.1, -0.05) is 32.9 Å². The maximum absolute atomic E-state index is 13.6. The normalized spacial score (nSPS) is 46.6. The Bertz CT molecular complexity index is 775. The standard InChI is InChI=1S/C26H43FN2O6S/c1-13(2)9-15-7-8-34-23-16(10-15)12-28-19(23)25(33)29-18-14(3)5-4-6-17(11-27)36-26-22(32)20(30)21(31)24(18)35-26/h4-5,13-24,26,28,30-32H,6-12H2,1-3H3,(H,29,33)/b5-4-/t14-,15+,16+,17+,18-,19+,20?,21?,22?,23-,24?,26?/m1/s1. The number of rotatable bonds is 5. The number of thioether (sulfide) groups is 1. The number of carbonyl (C=O) groups is 1. The van der Waals surface area contributed by atoms with Gasteiger partial charge in [0.05, 0.1) is 12.1 Å². The quantitative estimate of drug-likeness (QED) is 0.338. The Hall–Kier alpha value is -0.750. The lowest BCUT2D eigenvalue weighted by Gasteiger charge is -2.45. The van der Waals surface area contributed by atoms with Crippen molar-refractivity contribution in [3.63, 3.8) is 0 Å². The number of fused-ring (bicyclic) bond motifs is 3. The lowest BCUT2D eigenvalue weighted by molar-refractivity contribution is -0.207. The van der Waals surface area contributed by atoms with Gasteiger partial charge in [-0.15, -0.1) is 11.8 Å². The molecule has 3 fully saturated rings. The van der Waals surface area contributed by atoms with Gasteiger partial charge >= 0.3 is 0 Å². The van der Waals surface area contributed by atoms with Crippen LogP contribution in [-0.4, -0.2) is 94.3 Å². The maximum atomic E-state index is 13.6. The summed E-state index contributed by atoms with van der Waals surface area (Å²) in [7, 11) is 0. The zero-order chi connectivity index (χ0) is 26.0. The van der Waals surface area contributed by atoms with Crippen LogP contribution in [0.4, 0.5) is 4.39 Å². The lowest BCUT2D eigenvalue weighted by Crippen LogP contribution is -2.65. The minimum absolute atomic E-state index is 0.217. The van der Waals surface area contributed by atoms with Gasteiger partial charge in [0.25, 0.3) is 0 Å². The SMILES string of the molecule is CC(C)C[C@@H]1CCO[C@@H]2[C@H](CN[C@@H]2C(=O)N[C@H]2C3OC(S[C@H](CF)C/C=C\[C@H]2C)C(O)C(O)C3O)C1. The smallest absolute Gasteiger partial charge is 0.240 e. The van der Waals surface area contributed by atoms with Crippen LogP contribution in [0.1, 0.15) is 46.5 Å². The Labute approximate surface area is 217 Å². The molecule has 0 aromatic heterocycles. The van der Waals surface area contributed by atoms with Crippen molar-refractivity contribution in [3.05, 3.63) is 12.2 Å². The first kappa shape index (κ1) is 28.3. The Morgan fingerprint density at radius 2 is 2.00 bits per heavy atom. The summed E-state index contributed by atoms with van der Waals surface area (Å²) in [6.45, 7) is 7.11. The monoisotopic (exact) mass is 530 g/mol. The van der Waals surface area contributed by atoms with Crippen LogP contribution >= 0.6 is 11.8 Å². The second-order valence-electron chi connectivity index (χ2n) is 11.4. The largest absolute Gasteiger partial charge is 0.388 e. The number of allylic oxidation sites excluding steroid dienone is 1. The van der Waals surface area contributed by atoms with Crippen LogP contribution in [0, 0.1) is 23.7 Å². The fourth-order valence-electron chi connectivity index (χ4n) is 6.23. The summed E-state index contributed by atoms with van der Waals surface area (Å²) >= 11 is 1.11. The van der Waals surface area contributed by atoms with Crippen molar-refractivity contribution in [3.8, 4) is 0 Å². The van der Waals surface area contributed by atoms with Crippen molar-refractivity contribution < 1.29 is 34.0 Å². The van der Waals surface area contributed by atoms with Crippen molar-refractivity contribution in [2.45, 2.75) is 99.7 Å². The zero-order valence-corrected chi connectivity index (χ0v) is 22.3. The molecule has 5 unspecified atom stereocenters. The van der Waals surface area contributed by atoms with Crippen LogP contribution in [0.2, 0.25) is 0 Å². The lowest BCUT2D eigenvalue weighted by atomic mass is 9.85. The van der Waals surface area contributed by atoms with Gasteiger partial charge in [0.2, 0.25) is 5.91 Å². The summed E-state index contributed by atoms with van der Waals surface area (Å²) in [6, 6.07) is -1.17. The molecular formula is C26H43FN2O6S. The van der Waals surface area contributed by atoms with Crippen LogP contribution in [0.25, 0.3) is 0 Å². The molecule has 0 aromatic rings. The van der Waals surface area contributed by atoms with Gasteiger partial charge in [0.15, 0.2) is 0 Å².